The molecule has 6 nitrogen and oxygen atoms in total. The van der Waals surface area contributed by atoms with Gasteiger partial charge in [0.2, 0.25) is 11.8 Å². The van der Waals surface area contributed by atoms with Gasteiger partial charge in [0.1, 0.15) is 12.6 Å². The van der Waals surface area contributed by atoms with E-state index in [1.807, 2.05) is 44.2 Å². The van der Waals surface area contributed by atoms with Gasteiger partial charge in [0.25, 0.3) is 5.91 Å². The largest absolute Gasteiger partial charge is 0.355 e. The second-order valence-corrected chi connectivity index (χ2v) is 8.98. The molecule has 4 rings (SSSR count). The molecule has 0 radical (unpaired) electrons. The third-order valence-corrected chi connectivity index (χ3v) is 6.76. The van der Waals surface area contributed by atoms with Crippen molar-refractivity contribution in [1.82, 2.24) is 10.2 Å². The summed E-state index contributed by atoms with van der Waals surface area (Å²) in [5.74, 6) is -0.792. The molecule has 1 aliphatic rings. The molecule has 1 atom stereocenters. The molecule has 0 fully saturated rings. The van der Waals surface area contributed by atoms with E-state index in [9.17, 15) is 14.4 Å². The van der Waals surface area contributed by atoms with Crippen LogP contribution in [0.15, 0.2) is 54.6 Å². The summed E-state index contributed by atoms with van der Waals surface area (Å²) in [6.07, 6.45) is 0.419. The van der Waals surface area contributed by atoms with Crippen LogP contribution in [0.4, 0.5) is 5.69 Å². The fourth-order valence-corrected chi connectivity index (χ4v) is 4.73. The molecule has 0 bridgehead atoms. The number of halogens is 2. The van der Waals surface area contributed by atoms with Gasteiger partial charge in [0, 0.05) is 24.0 Å². The van der Waals surface area contributed by atoms with Crippen LogP contribution in [0.25, 0.3) is 10.8 Å². The van der Waals surface area contributed by atoms with Crippen molar-refractivity contribution in [2.45, 2.75) is 32.9 Å². The molecule has 8 heteroatoms. The molecule has 34 heavy (non-hydrogen) atoms. The number of carbonyl (C=O) groups is 3. The molecular formula is C26H25Cl2N3O3. The molecule has 3 aromatic carbocycles. The Kier molecular flexibility index (Phi) is 7.10. The monoisotopic (exact) mass is 497 g/mol. The summed E-state index contributed by atoms with van der Waals surface area (Å²) >= 11 is 12.2. The number of benzene rings is 3. The Bertz CT molecular complexity index is 1270. The van der Waals surface area contributed by atoms with Crippen LogP contribution >= 0.6 is 23.2 Å². The highest BCUT2D eigenvalue weighted by Crippen LogP contribution is 2.37. The maximum Gasteiger partial charge on any atom is 0.259 e. The van der Waals surface area contributed by atoms with E-state index in [0.717, 1.165) is 16.3 Å². The van der Waals surface area contributed by atoms with Gasteiger partial charge in [-0.15, -0.1) is 0 Å². The molecule has 176 valence electrons. The van der Waals surface area contributed by atoms with Gasteiger partial charge in [-0.25, -0.2) is 0 Å². The molecule has 0 spiro atoms. The topological polar surface area (TPSA) is 69.7 Å². The second kappa shape index (κ2) is 10.0. The Balaban J connectivity index is 1.66. The first kappa shape index (κ1) is 24.0. The maximum absolute atomic E-state index is 13.7. The average Bonchev–Trinajstić information content (AvgIpc) is 3.09. The van der Waals surface area contributed by atoms with Gasteiger partial charge in [-0.1, -0.05) is 60.5 Å². The Hall–Kier alpha value is -3.09. The van der Waals surface area contributed by atoms with Crippen LogP contribution in [0.1, 0.15) is 36.2 Å². The highest BCUT2D eigenvalue weighted by atomic mass is 35.5. The zero-order valence-electron chi connectivity index (χ0n) is 19.0. The molecule has 3 amide bonds. The number of rotatable bonds is 8. The lowest BCUT2D eigenvalue weighted by Crippen LogP contribution is -2.52. The normalized spacial score (nSPS) is 13.3. The molecule has 0 aliphatic carbocycles. The van der Waals surface area contributed by atoms with E-state index in [-0.39, 0.29) is 30.8 Å². The van der Waals surface area contributed by atoms with E-state index in [0.29, 0.717) is 34.3 Å². The molecule has 0 saturated heterocycles. The van der Waals surface area contributed by atoms with Gasteiger partial charge in [0.15, 0.2) is 0 Å². The van der Waals surface area contributed by atoms with Gasteiger partial charge >= 0.3 is 0 Å². The maximum atomic E-state index is 13.7. The molecule has 1 aliphatic heterocycles. The van der Waals surface area contributed by atoms with E-state index in [4.69, 9.17) is 23.2 Å². The van der Waals surface area contributed by atoms with Crippen LogP contribution in [-0.4, -0.2) is 41.8 Å². The Morgan fingerprint density at radius 2 is 1.76 bits per heavy atom. The van der Waals surface area contributed by atoms with Gasteiger partial charge in [-0.3, -0.25) is 19.3 Å². The van der Waals surface area contributed by atoms with E-state index >= 15 is 0 Å². The minimum atomic E-state index is -0.697. The number of likely N-dealkylation sites (N-methyl/N-ethyl adjacent to an activating group) is 1. The SMILES string of the molecule is CCNC(=O)C(CC)N(Cc1ccc(Cl)c(Cl)c1)C(=O)CN1C(=O)c2cccc3cccc1c23. The first-order valence-electron chi connectivity index (χ1n) is 11.2. The molecule has 3 aromatic rings. The molecule has 1 unspecified atom stereocenters. The van der Waals surface area contributed by atoms with E-state index in [1.54, 1.807) is 24.3 Å². The van der Waals surface area contributed by atoms with Crippen LogP contribution in [0, 0.1) is 0 Å². The third kappa shape index (κ3) is 4.48. The van der Waals surface area contributed by atoms with Crippen molar-refractivity contribution in [3.8, 4) is 0 Å². The molecule has 0 saturated carbocycles. The fourth-order valence-electron chi connectivity index (χ4n) is 4.41. The lowest BCUT2D eigenvalue weighted by molar-refractivity contribution is -0.140. The van der Waals surface area contributed by atoms with Crippen LogP contribution in [0.3, 0.4) is 0 Å². The van der Waals surface area contributed by atoms with Gasteiger partial charge in [0.05, 0.1) is 15.7 Å². The van der Waals surface area contributed by atoms with Crippen molar-refractivity contribution < 1.29 is 14.4 Å². The van der Waals surface area contributed by atoms with Crippen molar-refractivity contribution in [3.05, 3.63) is 75.8 Å². The summed E-state index contributed by atoms with van der Waals surface area (Å²) in [7, 11) is 0. The van der Waals surface area contributed by atoms with Crippen molar-refractivity contribution in [1.29, 1.82) is 0 Å². The van der Waals surface area contributed by atoms with Crippen molar-refractivity contribution in [2.75, 3.05) is 18.0 Å². The lowest BCUT2D eigenvalue weighted by Gasteiger charge is -2.32. The van der Waals surface area contributed by atoms with Gasteiger partial charge in [-0.05, 0) is 48.6 Å². The standard InChI is InChI=1S/C26H25Cl2N3O3/c1-3-21(25(33)29-4-2)30(14-16-11-12-19(27)20(28)13-16)23(32)15-31-22-10-6-8-17-7-5-9-18(24(17)22)26(31)34/h5-13,21H,3-4,14-15H2,1-2H3,(H,29,33). The summed E-state index contributed by atoms with van der Waals surface area (Å²) in [6, 6.07) is 15.6. The van der Waals surface area contributed by atoms with Gasteiger partial charge in [-0.2, -0.15) is 0 Å². The Morgan fingerprint density at radius 3 is 2.44 bits per heavy atom. The Labute approximate surface area is 208 Å². The van der Waals surface area contributed by atoms with Crippen LogP contribution in [0.5, 0.6) is 0 Å². The van der Waals surface area contributed by atoms with Crippen molar-refractivity contribution in [3.63, 3.8) is 0 Å². The summed E-state index contributed by atoms with van der Waals surface area (Å²) in [6.45, 7) is 4.11. The first-order valence-corrected chi connectivity index (χ1v) is 12.0. The third-order valence-electron chi connectivity index (χ3n) is 6.02. The van der Waals surface area contributed by atoms with Gasteiger partial charge < -0.3 is 10.2 Å². The van der Waals surface area contributed by atoms with Crippen molar-refractivity contribution in [2.24, 2.45) is 0 Å². The molecular weight excluding hydrogens is 473 g/mol. The lowest BCUT2D eigenvalue weighted by atomic mass is 10.1. The van der Waals surface area contributed by atoms with Crippen LogP contribution in [-0.2, 0) is 16.1 Å². The predicted octanol–water partition coefficient (Wildman–Crippen LogP) is 5.05. The summed E-state index contributed by atoms with van der Waals surface area (Å²) in [5, 5.41) is 5.38. The quantitative estimate of drug-likeness (QED) is 0.473. The van der Waals surface area contributed by atoms with Crippen LogP contribution < -0.4 is 10.2 Å². The van der Waals surface area contributed by atoms with Crippen molar-refractivity contribution >= 4 is 57.4 Å². The summed E-state index contributed by atoms with van der Waals surface area (Å²) in [4.78, 5) is 42.7. The minimum Gasteiger partial charge on any atom is -0.355 e. The number of anilines is 1. The predicted molar refractivity (Wildman–Crippen MR) is 135 cm³/mol. The number of carbonyl (C=O) groups excluding carboxylic acids is 3. The number of hydrogen-bond donors (Lipinski definition) is 1. The smallest absolute Gasteiger partial charge is 0.259 e. The zero-order valence-corrected chi connectivity index (χ0v) is 20.5. The minimum absolute atomic E-state index is 0.157. The fraction of sp³-hybridized carbons (Fsp3) is 0.269. The number of nitrogens with zero attached hydrogens (tertiary/aromatic N) is 2. The number of hydrogen-bond acceptors (Lipinski definition) is 3. The highest BCUT2D eigenvalue weighted by molar-refractivity contribution is 6.42. The number of nitrogens with one attached hydrogen (secondary N) is 1. The molecule has 1 N–H and O–H groups in total. The Morgan fingerprint density at radius 1 is 1.03 bits per heavy atom. The highest BCUT2D eigenvalue weighted by Gasteiger charge is 2.35. The first-order chi connectivity index (χ1) is 16.3. The summed E-state index contributed by atoms with van der Waals surface area (Å²) < 4.78 is 0. The van der Waals surface area contributed by atoms with E-state index in [2.05, 4.69) is 5.32 Å². The average molecular weight is 498 g/mol. The molecule has 1 heterocycles. The van der Waals surface area contributed by atoms with E-state index in [1.165, 1.54) is 9.80 Å². The van der Waals surface area contributed by atoms with E-state index < -0.39 is 6.04 Å². The second-order valence-electron chi connectivity index (χ2n) is 8.16. The van der Waals surface area contributed by atoms with Crippen LogP contribution in [0.2, 0.25) is 10.0 Å². The zero-order chi connectivity index (χ0) is 24.4. The summed E-state index contributed by atoms with van der Waals surface area (Å²) in [5.41, 5.74) is 2.02. The molecule has 0 aromatic heterocycles. The number of amides is 3.